The van der Waals surface area contributed by atoms with Crippen molar-refractivity contribution in [2.75, 3.05) is 13.1 Å². The van der Waals surface area contributed by atoms with Gasteiger partial charge in [0, 0.05) is 40.3 Å². The van der Waals surface area contributed by atoms with Crippen LogP contribution in [0.25, 0.3) is 11.3 Å². The van der Waals surface area contributed by atoms with Gasteiger partial charge in [0.15, 0.2) is 0 Å². The third-order valence-electron chi connectivity index (χ3n) is 5.13. The molecule has 1 aliphatic rings. The minimum absolute atomic E-state index is 0.0179. The second kappa shape index (κ2) is 8.90. The third kappa shape index (κ3) is 4.66. The summed E-state index contributed by atoms with van der Waals surface area (Å²) >= 11 is 12.0. The molecule has 1 aliphatic heterocycles. The SMILES string of the molecule is O=C(NC1CCN(C(=O)c2cc(-c3cccc(Cl)c3)n[nH]2)CC1)c1cccc(Cl)c1. The molecule has 0 unspecified atom stereocenters. The fraction of sp³-hybridized carbons (Fsp3) is 0.227. The van der Waals surface area contributed by atoms with E-state index in [4.69, 9.17) is 23.2 Å². The van der Waals surface area contributed by atoms with E-state index in [1.54, 1.807) is 47.4 Å². The zero-order valence-electron chi connectivity index (χ0n) is 16.1. The van der Waals surface area contributed by atoms with Crippen molar-refractivity contribution in [3.63, 3.8) is 0 Å². The van der Waals surface area contributed by atoms with Crippen LogP contribution in [0.5, 0.6) is 0 Å². The molecule has 0 atom stereocenters. The summed E-state index contributed by atoms with van der Waals surface area (Å²) in [5, 5.41) is 11.2. The molecule has 0 radical (unpaired) electrons. The lowest BCUT2D eigenvalue weighted by molar-refractivity contribution is 0.0692. The number of nitrogens with one attached hydrogen (secondary N) is 2. The van der Waals surface area contributed by atoms with E-state index in [2.05, 4.69) is 15.5 Å². The summed E-state index contributed by atoms with van der Waals surface area (Å²) in [5.74, 6) is -0.252. The second-order valence-corrected chi connectivity index (χ2v) is 8.10. The van der Waals surface area contributed by atoms with Crippen LogP contribution in [-0.2, 0) is 0 Å². The van der Waals surface area contributed by atoms with Gasteiger partial charge in [-0.05, 0) is 49.2 Å². The van der Waals surface area contributed by atoms with Gasteiger partial charge in [0.25, 0.3) is 11.8 Å². The number of aromatic amines is 1. The van der Waals surface area contributed by atoms with Crippen molar-refractivity contribution in [2.45, 2.75) is 18.9 Å². The molecule has 1 aromatic heterocycles. The number of hydrogen-bond acceptors (Lipinski definition) is 3. The average Bonchev–Trinajstić information content (AvgIpc) is 3.24. The Kier molecular flexibility index (Phi) is 6.06. The van der Waals surface area contributed by atoms with Crippen LogP contribution in [0.3, 0.4) is 0 Å². The Bertz CT molecular complexity index is 1070. The van der Waals surface area contributed by atoms with Crippen LogP contribution in [-0.4, -0.2) is 46.0 Å². The van der Waals surface area contributed by atoms with Crippen LogP contribution >= 0.6 is 23.2 Å². The van der Waals surface area contributed by atoms with Crippen molar-refractivity contribution in [2.24, 2.45) is 0 Å². The van der Waals surface area contributed by atoms with E-state index in [0.29, 0.717) is 52.9 Å². The Labute approximate surface area is 184 Å². The maximum atomic E-state index is 12.8. The summed E-state index contributed by atoms with van der Waals surface area (Å²) in [4.78, 5) is 27.0. The molecule has 0 saturated carbocycles. The standard InChI is InChI=1S/C22H20Cl2N4O2/c23-16-5-1-3-14(11-16)19-13-20(27-26-19)22(30)28-9-7-18(8-10-28)25-21(29)15-4-2-6-17(24)12-15/h1-6,11-13,18H,7-10H2,(H,25,29)(H,26,27). The number of aromatic nitrogens is 2. The fourth-order valence-electron chi connectivity index (χ4n) is 3.52. The molecular weight excluding hydrogens is 423 g/mol. The molecule has 2 amide bonds. The number of halogens is 2. The Morgan fingerprint density at radius 2 is 1.70 bits per heavy atom. The van der Waals surface area contributed by atoms with Gasteiger partial charge in [-0.1, -0.05) is 41.4 Å². The molecule has 0 spiro atoms. The van der Waals surface area contributed by atoms with Crippen LogP contribution in [0.1, 0.15) is 33.7 Å². The van der Waals surface area contributed by atoms with E-state index in [1.165, 1.54) is 0 Å². The summed E-state index contributed by atoms with van der Waals surface area (Å²) in [7, 11) is 0. The van der Waals surface area contributed by atoms with E-state index < -0.39 is 0 Å². The van der Waals surface area contributed by atoms with Gasteiger partial charge in [-0.25, -0.2) is 0 Å². The summed E-state index contributed by atoms with van der Waals surface area (Å²) in [5.41, 5.74) is 2.49. The lowest BCUT2D eigenvalue weighted by Crippen LogP contribution is -2.46. The van der Waals surface area contributed by atoms with Crippen LogP contribution in [0, 0.1) is 0 Å². The summed E-state index contributed by atoms with van der Waals surface area (Å²) in [6, 6.07) is 15.9. The minimum atomic E-state index is -0.151. The number of benzene rings is 2. The number of piperidine rings is 1. The quantitative estimate of drug-likeness (QED) is 0.627. The number of carbonyl (C=O) groups is 2. The van der Waals surface area contributed by atoms with Crippen LogP contribution in [0.15, 0.2) is 54.6 Å². The van der Waals surface area contributed by atoms with E-state index in [9.17, 15) is 9.59 Å². The molecule has 8 heteroatoms. The van der Waals surface area contributed by atoms with Crippen LogP contribution in [0.4, 0.5) is 0 Å². The highest BCUT2D eigenvalue weighted by Gasteiger charge is 2.26. The van der Waals surface area contributed by atoms with Crippen LogP contribution < -0.4 is 5.32 Å². The zero-order chi connectivity index (χ0) is 21.1. The molecule has 4 rings (SSSR count). The van der Waals surface area contributed by atoms with Crippen LogP contribution in [0.2, 0.25) is 10.0 Å². The predicted molar refractivity (Wildman–Crippen MR) is 117 cm³/mol. The first-order valence-electron chi connectivity index (χ1n) is 9.66. The number of H-pyrrole nitrogens is 1. The molecule has 2 heterocycles. The van der Waals surface area contributed by atoms with E-state index in [1.807, 2.05) is 12.1 Å². The fourth-order valence-corrected chi connectivity index (χ4v) is 3.90. The average molecular weight is 443 g/mol. The minimum Gasteiger partial charge on any atom is -0.349 e. The smallest absolute Gasteiger partial charge is 0.271 e. The molecule has 154 valence electrons. The van der Waals surface area contributed by atoms with E-state index in [-0.39, 0.29) is 17.9 Å². The molecular formula is C22H20Cl2N4O2. The number of likely N-dealkylation sites (tertiary alicyclic amines) is 1. The molecule has 2 aromatic carbocycles. The van der Waals surface area contributed by atoms with Gasteiger partial charge >= 0.3 is 0 Å². The van der Waals surface area contributed by atoms with Gasteiger partial charge in [0.2, 0.25) is 0 Å². The van der Waals surface area contributed by atoms with Gasteiger partial charge in [0.05, 0.1) is 5.69 Å². The zero-order valence-corrected chi connectivity index (χ0v) is 17.6. The normalized spacial score (nSPS) is 14.5. The van der Waals surface area contributed by atoms with Gasteiger partial charge < -0.3 is 10.2 Å². The van der Waals surface area contributed by atoms with Gasteiger partial charge in [-0.2, -0.15) is 5.10 Å². The Morgan fingerprint density at radius 3 is 2.40 bits per heavy atom. The van der Waals surface area contributed by atoms with Gasteiger partial charge in [0.1, 0.15) is 5.69 Å². The number of nitrogens with zero attached hydrogens (tertiary/aromatic N) is 2. The lowest BCUT2D eigenvalue weighted by Gasteiger charge is -2.32. The monoisotopic (exact) mass is 442 g/mol. The number of amides is 2. The van der Waals surface area contributed by atoms with Crippen molar-refractivity contribution in [3.05, 3.63) is 75.9 Å². The lowest BCUT2D eigenvalue weighted by atomic mass is 10.0. The topological polar surface area (TPSA) is 78.1 Å². The molecule has 30 heavy (non-hydrogen) atoms. The van der Waals surface area contributed by atoms with Gasteiger partial charge in [-0.15, -0.1) is 0 Å². The van der Waals surface area contributed by atoms with Crippen molar-refractivity contribution < 1.29 is 9.59 Å². The number of carbonyl (C=O) groups excluding carboxylic acids is 2. The molecule has 1 fully saturated rings. The van der Waals surface area contributed by atoms with Gasteiger partial charge in [-0.3, -0.25) is 14.7 Å². The Morgan fingerprint density at radius 1 is 1.00 bits per heavy atom. The van der Waals surface area contributed by atoms with Crippen molar-refractivity contribution in [1.82, 2.24) is 20.4 Å². The highest BCUT2D eigenvalue weighted by molar-refractivity contribution is 6.31. The Hall–Kier alpha value is -2.83. The summed E-state index contributed by atoms with van der Waals surface area (Å²) in [6.07, 6.45) is 1.38. The summed E-state index contributed by atoms with van der Waals surface area (Å²) < 4.78 is 0. The largest absolute Gasteiger partial charge is 0.349 e. The van der Waals surface area contributed by atoms with Crippen molar-refractivity contribution in [1.29, 1.82) is 0 Å². The van der Waals surface area contributed by atoms with E-state index >= 15 is 0 Å². The maximum Gasteiger partial charge on any atom is 0.271 e. The maximum absolute atomic E-state index is 12.8. The molecule has 2 N–H and O–H groups in total. The van der Waals surface area contributed by atoms with Crippen molar-refractivity contribution in [3.8, 4) is 11.3 Å². The first kappa shape index (κ1) is 20.4. The first-order valence-corrected chi connectivity index (χ1v) is 10.4. The second-order valence-electron chi connectivity index (χ2n) is 7.23. The Balaban J connectivity index is 1.34. The number of rotatable bonds is 4. The summed E-state index contributed by atoms with van der Waals surface area (Å²) in [6.45, 7) is 1.12. The predicted octanol–water partition coefficient (Wildman–Crippen LogP) is 4.42. The molecule has 0 bridgehead atoms. The molecule has 3 aromatic rings. The molecule has 6 nitrogen and oxygen atoms in total. The molecule has 1 saturated heterocycles. The third-order valence-corrected chi connectivity index (χ3v) is 5.60. The van der Waals surface area contributed by atoms with Crippen molar-refractivity contribution >= 4 is 35.0 Å². The van der Waals surface area contributed by atoms with E-state index in [0.717, 1.165) is 5.56 Å². The highest BCUT2D eigenvalue weighted by Crippen LogP contribution is 2.22. The first-order chi connectivity index (χ1) is 14.5. The number of hydrogen-bond donors (Lipinski definition) is 2. The molecule has 0 aliphatic carbocycles. The highest BCUT2D eigenvalue weighted by atomic mass is 35.5.